The molecule has 1 saturated carbocycles. The van der Waals surface area contributed by atoms with Crippen LogP contribution in [0.2, 0.25) is 0 Å². The van der Waals surface area contributed by atoms with E-state index in [1.54, 1.807) is 4.90 Å². The molecule has 0 aromatic rings. The number of carbonyl (C=O) groups excluding carboxylic acids is 1. The third-order valence-corrected chi connectivity index (χ3v) is 4.09. The fourth-order valence-electron chi connectivity index (χ4n) is 2.76. The Kier molecular flexibility index (Phi) is 4.96. The molecule has 0 unspecified atom stereocenters. The normalized spacial score (nSPS) is 24.3. The van der Waals surface area contributed by atoms with Crippen molar-refractivity contribution in [2.24, 2.45) is 17.3 Å². The first-order chi connectivity index (χ1) is 8.73. The van der Waals surface area contributed by atoms with Gasteiger partial charge in [0, 0.05) is 13.1 Å². The summed E-state index contributed by atoms with van der Waals surface area (Å²) in [6, 6.07) is 0. The molecular formula is C14H26N2O3. The second kappa shape index (κ2) is 5.90. The topological polar surface area (TPSA) is 60.9 Å². The van der Waals surface area contributed by atoms with Crippen LogP contribution in [0.1, 0.15) is 27.2 Å². The van der Waals surface area contributed by atoms with E-state index < -0.39 is 17.3 Å². The van der Waals surface area contributed by atoms with Crippen LogP contribution in [0.25, 0.3) is 0 Å². The monoisotopic (exact) mass is 270 g/mol. The van der Waals surface area contributed by atoms with Crippen molar-refractivity contribution in [3.8, 4) is 0 Å². The molecule has 1 aliphatic rings. The zero-order valence-corrected chi connectivity index (χ0v) is 12.6. The van der Waals surface area contributed by atoms with E-state index in [-0.39, 0.29) is 11.8 Å². The predicted molar refractivity (Wildman–Crippen MR) is 73.8 cm³/mol. The first kappa shape index (κ1) is 16.0. The van der Waals surface area contributed by atoms with Crippen molar-refractivity contribution in [1.82, 2.24) is 9.80 Å². The Morgan fingerprint density at radius 3 is 2.11 bits per heavy atom. The SMILES string of the molecule is CCN(CCCN(C)C)C(=O)[C@H]1[C@@H](C(=O)O)C1(C)C. The fraction of sp³-hybridized carbons (Fsp3) is 0.857. The Bertz CT molecular complexity index is 353. The Morgan fingerprint density at radius 1 is 1.16 bits per heavy atom. The first-order valence-electron chi connectivity index (χ1n) is 6.89. The molecule has 1 fully saturated rings. The van der Waals surface area contributed by atoms with Gasteiger partial charge in [-0.1, -0.05) is 13.8 Å². The van der Waals surface area contributed by atoms with Gasteiger partial charge in [-0.15, -0.1) is 0 Å². The second-order valence-corrected chi connectivity index (χ2v) is 6.19. The van der Waals surface area contributed by atoms with E-state index in [0.717, 1.165) is 13.0 Å². The Balaban J connectivity index is 2.58. The minimum absolute atomic E-state index is 0.00124. The highest BCUT2D eigenvalue weighted by Crippen LogP contribution is 2.59. The lowest BCUT2D eigenvalue weighted by Crippen LogP contribution is -2.35. The Labute approximate surface area is 115 Å². The molecule has 0 heterocycles. The summed E-state index contributed by atoms with van der Waals surface area (Å²) in [5.41, 5.74) is -0.405. The third-order valence-electron chi connectivity index (χ3n) is 4.09. The summed E-state index contributed by atoms with van der Waals surface area (Å²) >= 11 is 0. The van der Waals surface area contributed by atoms with Crippen molar-refractivity contribution in [3.63, 3.8) is 0 Å². The summed E-state index contributed by atoms with van der Waals surface area (Å²) in [7, 11) is 4.01. The van der Waals surface area contributed by atoms with Gasteiger partial charge >= 0.3 is 5.97 Å². The molecule has 0 bridgehead atoms. The van der Waals surface area contributed by atoms with Crippen molar-refractivity contribution >= 4 is 11.9 Å². The highest BCUT2D eigenvalue weighted by atomic mass is 16.4. The van der Waals surface area contributed by atoms with Gasteiger partial charge in [-0.25, -0.2) is 0 Å². The van der Waals surface area contributed by atoms with Crippen LogP contribution in [-0.4, -0.2) is 60.5 Å². The van der Waals surface area contributed by atoms with Crippen molar-refractivity contribution in [1.29, 1.82) is 0 Å². The molecular weight excluding hydrogens is 244 g/mol. The second-order valence-electron chi connectivity index (χ2n) is 6.19. The summed E-state index contributed by atoms with van der Waals surface area (Å²) in [5, 5.41) is 9.13. The third kappa shape index (κ3) is 3.47. The number of carboxylic acid groups (broad SMARTS) is 1. The lowest BCUT2D eigenvalue weighted by molar-refractivity contribution is -0.142. The number of carbonyl (C=O) groups is 2. The van der Waals surface area contributed by atoms with Crippen LogP contribution in [-0.2, 0) is 9.59 Å². The van der Waals surface area contributed by atoms with E-state index in [1.807, 2.05) is 34.9 Å². The molecule has 0 radical (unpaired) electrons. The maximum Gasteiger partial charge on any atom is 0.307 e. The minimum atomic E-state index is -0.854. The molecule has 1 aliphatic carbocycles. The molecule has 1 N–H and O–H groups in total. The van der Waals surface area contributed by atoms with Crippen LogP contribution in [0.5, 0.6) is 0 Å². The maximum atomic E-state index is 12.4. The van der Waals surface area contributed by atoms with Crippen LogP contribution >= 0.6 is 0 Å². The van der Waals surface area contributed by atoms with Crippen molar-refractivity contribution in [2.75, 3.05) is 33.7 Å². The lowest BCUT2D eigenvalue weighted by Gasteiger charge is -2.22. The number of carboxylic acids is 1. The van der Waals surface area contributed by atoms with Gasteiger partial charge in [0.05, 0.1) is 11.8 Å². The van der Waals surface area contributed by atoms with Gasteiger partial charge in [0.1, 0.15) is 0 Å². The Morgan fingerprint density at radius 2 is 1.74 bits per heavy atom. The molecule has 5 nitrogen and oxygen atoms in total. The molecule has 110 valence electrons. The molecule has 0 aromatic carbocycles. The molecule has 19 heavy (non-hydrogen) atoms. The zero-order chi connectivity index (χ0) is 14.8. The van der Waals surface area contributed by atoms with Gasteiger partial charge in [0.25, 0.3) is 0 Å². The summed E-state index contributed by atoms with van der Waals surface area (Å²) in [6.07, 6.45) is 0.914. The minimum Gasteiger partial charge on any atom is -0.481 e. The van der Waals surface area contributed by atoms with Crippen LogP contribution < -0.4 is 0 Å². The molecule has 0 aromatic heterocycles. The fourth-order valence-corrected chi connectivity index (χ4v) is 2.76. The maximum absolute atomic E-state index is 12.4. The van der Waals surface area contributed by atoms with E-state index >= 15 is 0 Å². The summed E-state index contributed by atoms with van der Waals surface area (Å²) < 4.78 is 0. The van der Waals surface area contributed by atoms with Crippen LogP contribution in [0.4, 0.5) is 0 Å². The number of aliphatic carboxylic acids is 1. The van der Waals surface area contributed by atoms with E-state index in [0.29, 0.717) is 13.1 Å². The number of amides is 1. The molecule has 0 saturated heterocycles. The van der Waals surface area contributed by atoms with E-state index in [1.165, 1.54) is 0 Å². The molecule has 0 aliphatic heterocycles. The molecule has 1 amide bonds. The van der Waals surface area contributed by atoms with Gasteiger partial charge in [-0.2, -0.15) is 0 Å². The smallest absolute Gasteiger partial charge is 0.307 e. The predicted octanol–water partition coefficient (Wildman–Crippen LogP) is 1.14. The Hall–Kier alpha value is -1.10. The van der Waals surface area contributed by atoms with E-state index in [2.05, 4.69) is 4.90 Å². The largest absolute Gasteiger partial charge is 0.481 e. The number of hydrogen-bond acceptors (Lipinski definition) is 3. The summed E-state index contributed by atoms with van der Waals surface area (Å²) in [5.74, 6) is -1.74. The van der Waals surface area contributed by atoms with E-state index in [4.69, 9.17) is 5.11 Å². The van der Waals surface area contributed by atoms with Crippen molar-refractivity contribution in [3.05, 3.63) is 0 Å². The van der Waals surface area contributed by atoms with Crippen LogP contribution in [0.15, 0.2) is 0 Å². The van der Waals surface area contributed by atoms with Gasteiger partial charge in [0.2, 0.25) is 5.91 Å². The number of hydrogen-bond donors (Lipinski definition) is 1. The average molecular weight is 270 g/mol. The molecule has 0 spiro atoms. The first-order valence-corrected chi connectivity index (χ1v) is 6.89. The van der Waals surface area contributed by atoms with E-state index in [9.17, 15) is 9.59 Å². The van der Waals surface area contributed by atoms with Crippen molar-refractivity contribution < 1.29 is 14.7 Å². The van der Waals surface area contributed by atoms with Crippen LogP contribution in [0.3, 0.4) is 0 Å². The van der Waals surface area contributed by atoms with Crippen molar-refractivity contribution in [2.45, 2.75) is 27.2 Å². The quantitative estimate of drug-likeness (QED) is 0.753. The molecule has 1 rings (SSSR count). The molecule has 5 heteroatoms. The number of rotatable bonds is 7. The van der Waals surface area contributed by atoms with Gasteiger partial charge in [-0.3, -0.25) is 9.59 Å². The average Bonchev–Trinajstić information content (AvgIpc) is 2.86. The summed E-state index contributed by atoms with van der Waals surface area (Å²) in [4.78, 5) is 27.4. The lowest BCUT2D eigenvalue weighted by atomic mass is 10.1. The van der Waals surface area contributed by atoms with Gasteiger partial charge in [-0.05, 0) is 39.4 Å². The van der Waals surface area contributed by atoms with Gasteiger partial charge < -0.3 is 14.9 Å². The summed E-state index contributed by atoms with van der Waals surface area (Å²) in [6.45, 7) is 7.94. The van der Waals surface area contributed by atoms with Gasteiger partial charge in [0.15, 0.2) is 0 Å². The zero-order valence-electron chi connectivity index (χ0n) is 12.6. The highest BCUT2D eigenvalue weighted by molar-refractivity contribution is 5.91. The highest BCUT2D eigenvalue weighted by Gasteiger charge is 2.66. The standard InChI is InChI=1S/C14H26N2O3/c1-6-16(9-7-8-15(4)5)12(17)10-11(13(18)19)14(10,2)3/h10-11H,6-9H2,1-5H3,(H,18,19)/t10-,11+/m1/s1. The molecule has 2 atom stereocenters. The van der Waals surface area contributed by atoms with Crippen LogP contribution in [0, 0.1) is 17.3 Å². The number of nitrogens with zero attached hydrogens (tertiary/aromatic N) is 2.